The number of aromatic carboxylic acids is 1. The zero-order valence-corrected chi connectivity index (χ0v) is 11.0. The Hall–Kier alpha value is -2.21. The number of anilines is 1. The van der Waals surface area contributed by atoms with Crippen molar-refractivity contribution in [3.05, 3.63) is 35.4 Å². The van der Waals surface area contributed by atoms with Gasteiger partial charge in [-0.15, -0.1) is 6.58 Å². The molecule has 1 aromatic rings. The predicted molar refractivity (Wildman–Crippen MR) is 72.2 cm³/mol. The standard InChI is InChI=1S/C12H13ClN2O4/c1-3-4-14-12(18)15-9-6-10(19-2)7(11(16)17)5-8(9)13/h3,5-6H,1,4H2,2H3,(H,16,17)(H2,14,15,18). The Morgan fingerprint density at radius 3 is 2.74 bits per heavy atom. The number of rotatable bonds is 5. The van der Waals surface area contributed by atoms with E-state index in [9.17, 15) is 9.59 Å². The van der Waals surface area contributed by atoms with Gasteiger partial charge in [-0.3, -0.25) is 0 Å². The lowest BCUT2D eigenvalue weighted by Crippen LogP contribution is -2.28. The summed E-state index contributed by atoms with van der Waals surface area (Å²) in [4.78, 5) is 22.4. The van der Waals surface area contributed by atoms with Crippen LogP contribution in [0.5, 0.6) is 5.75 Å². The van der Waals surface area contributed by atoms with E-state index in [2.05, 4.69) is 17.2 Å². The van der Waals surface area contributed by atoms with Gasteiger partial charge in [0.05, 0.1) is 17.8 Å². The van der Waals surface area contributed by atoms with Crippen molar-refractivity contribution in [2.45, 2.75) is 0 Å². The summed E-state index contributed by atoms with van der Waals surface area (Å²) < 4.78 is 4.94. The fourth-order valence-electron chi connectivity index (χ4n) is 1.32. The van der Waals surface area contributed by atoms with Crippen LogP contribution in [0.2, 0.25) is 5.02 Å². The highest BCUT2D eigenvalue weighted by atomic mass is 35.5. The predicted octanol–water partition coefficient (Wildman–Crippen LogP) is 2.35. The number of methoxy groups -OCH3 is 1. The minimum Gasteiger partial charge on any atom is -0.496 e. The third kappa shape index (κ3) is 3.89. The van der Waals surface area contributed by atoms with Crippen molar-refractivity contribution >= 4 is 29.3 Å². The van der Waals surface area contributed by atoms with Crippen LogP contribution in [0.1, 0.15) is 10.4 Å². The second kappa shape index (κ2) is 6.65. The monoisotopic (exact) mass is 284 g/mol. The van der Waals surface area contributed by atoms with Crippen LogP contribution in [0, 0.1) is 0 Å². The summed E-state index contributed by atoms with van der Waals surface area (Å²) in [7, 11) is 1.33. The second-order valence-corrected chi connectivity index (χ2v) is 3.87. The van der Waals surface area contributed by atoms with Crippen LogP contribution in [-0.4, -0.2) is 30.8 Å². The van der Waals surface area contributed by atoms with Gasteiger partial charge in [-0.2, -0.15) is 0 Å². The van der Waals surface area contributed by atoms with Crippen molar-refractivity contribution in [1.82, 2.24) is 5.32 Å². The minimum absolute atomic E-state index is 0.0791. The van der Waals surface area contributed by atoms with Gasteiger partial charge in [0.15, 0.2) is 0 Å². The van der Waals surface area contributed by atoms with Gasteiger partial charge >= 0.3 is 12.0 Å². The third-order valence-electron chi connectivity index (χ3n) is 2.17. The molecule has 0 aliphatic heterocycles. The zero-order valence-electron chi connectivity index (χ0n) is 10.2. The quantitative estimate of drug-likeness (QED) is 0.724. The first-order valence-electron chi connectivity index (χ1n) is 5.26. The summed E-state index contributed by atoms with van der Waals surface area (Å²) >= 11 is 5.90. The zero-order chi connectivity index (χ0) is 14.4. The van der Waals surface area contributed by atoms with E-state index in [1.807, 2.05) is 0 Å². The minimum atomic E-state index is -1.17. The van der Waals surface area contributed by atoms with Crippen molar-refractivity contribution in [3.8, 4) is 5.75 Å². The molecule has 0 aliphatic rings. The third-order valence-corrected chi connectivity index (χ3v) is 2.49. The number of carbonyl (C=O) groups is 2. The number of nitrogens with one attached hydrogen (secondary N) is 2. The first-order chi connectivity index (χ1) is 8.99. The molecule has 6 nitrogen and oxygen atoms in total. The van der Waals surface area contributed by atoms with E-state index in [0.717, 1.165) is 0 Å². The van der Waals surface area contributed by atoms with Crippen LogP contribution in [0.3, 0.4) is 0 Å². The molecular formula is C12H13ClN2O4. The fraction of sp³-hybridized carbons (Fsp3) is 0.167. The number of ether oxygens (including phenoxy) is 1. The van der Waals surface area contributed by atoms with E-state index in [-0.39, 0.29) is 22.0 Å². The largest absolute Gasteiger partial charge is 0.496 e. The lowest BCUT2D eigenvalue weighted by Gasteiger charge is -2.11. The fourth-order valence-corrected chi connectivity index (χ4v) is 1.53. The van der Waals surface area contributed by atoms with Crippen LogP contribution >= 0.6 is 11.6 Å². The number of carboxylic acid groups (broad SMARTS) is 1. The Morgan fingerprint density at radius 1 is 1.53 bits per heavy atom. The Kier molecular flexibility index (Phi) is 5.20. The van der Waals surface area contributed by atoms with E-state index < -0.39 is 12.0 Å². The van der Waals surface area contributed by atoms with Crippen LogP contribution in [-0.2, 0) is 0 Å². The van der Waals surface area contributed by atoms with Crippen LogP contribution in [0.4, 0.5) is 10.5 Å². The van der Waals surface area contributed by atoms with Gasteiger partial charge in [-0.05, 0) is 6.07 Å². The van der Waals surface area contributed by atoms with Crippen LogP contribution < -0.4 is 15.4 Å². The molecule has 0 bridgehead atoms. The highest BCUT2D eigenvalue weighted by Crippen LogP contribution is 2.30. The molecule has 2 amide bonds. The van der Waals surface area contributed by atoms with Gasteiger partial charge in [0.2, 0.25) is 0 Å². The molecule has 19 heavy (non-hydrogen) atoms. The van der Waals surface area contributed by atoms with E-state index >= 15 is 0 Å². The molecular weight excluding hydrogens is 272 g/mol. The maximum atomic E-state index is 11.5. The number of urea groups is 1. The molecule has 7 heteroatoms. The molecule has 0 unspecified atom stereocenters. The number of carbonyl (C=O) groups excluding carboxylic acids is 1. The van der Waals surface area contributed by atoms with Crippen molar-refractivity contribution in [1.29, 1.82) is 0 Å². The molecule has 0 heterocycles. The first-order valence-corrected chi connectivity index (χ1v) is 5.64. The molecule has 0 spiro atoms. The summed E-state index contributed by atoms with van der Waals surface area (Å²) in [6.45, 7) is 3.76. The molecule has 0 saturated carbocycles. The lowest BCUT2D eigenvalue weighted by atomic mass is 10.2. The summed E-state index contributed by atoms with van der Waals surface area (Å²) in [5.41, 5.74) is 0.176. The summed E-state index contributed by atoms with van der Waals surface area (Å²) in [6, 6.07) is 2.08. The van der Waals surface area contributed by atoms with Gasteiger partial charge < -0.3 is 20.5 Å². The Morgan fingerprint density at radius 2 is 2.21 bits per heavy atom. The summed E-state index contributed by atoms with van der Waals surface area (Å²) in [5, 5.41) is 14.0. The Bertz CT molecular complexity index is 517. The lowest BCUT2D eigenvalue weighted by molar-refractivity contribution is 0.0693. The van der Waals surface area contributed by atoms with Crippen molar-refractivity contribution in [3.63, 3.8) is 0 Å². The van der Waals surface area contributed by atoms with Gasteiger partial charge in [0.25, 0.3) is 0 Å². The molecule has 0 atom stereocenters. The summed E-state index contributed by atoms with van der Waals surface area (Å²) in [5.74, 6) is -1.06. The average molecular weight is 285 g/mol. The number of carboxylic acids is 1. The normalized spacial score (nSPS) is 9.58. The van der Waals surface area contributed by atoms with Crippen LogP contribution in [0.15, 0.2) is 24.8 Å². The van der Waals surface area contributed by atoms with E-state index in [1.165, 1.54) is 25.3 Å². The molecule has 0 fully saturated rings. The Labute approximate surface area is 115 Å². The van der Waals surface area contributed by atoms with Crippen molar-refractivity contribution in [2.75, 3.05) is 19.0 Å². The smallest absolute Gasteiger partial charge is 0.339 e. The molecule has 0 aliphatic carbocycles. The first kappa shape index (κ1) is 14.8. The molecule has 0 aromatic heterocycles. The highest BCUT2D eigenvalue weighted by Gasteiger charge is 2.15. The number of halogens is 1. The molecule has 3 N–H and O–H groups in total. The highest BCUT2D eigenvalue weighted by molar-refractivity contribution is 6.34. The van der Waals surface area contributed by atoms with Gasteiger partial charge in [0, 0.05) is 12.6 Å². The number of hydrogen-bond donors (Lipinski definition) is 3. The molecule has 1 rings (SSSR count). The molecule has 0 saturated heterocycles. The maximum absolute atomic E-state index is 11.5. The van der Waals surface area contributed by atoms with Crippen molar-refractivity contribution in [2.24, 2.45) is 0 Å². The van der Waals surface area contributed by atoms with Gasteiger partial charge in [0.1, 0.15) is 11.3 Å². The number of amides is 2. The molecule has 0 radical (unpaired) electrons. The van der Waals surface area contributed by atoms with E-state index in [0.29, 0.717) is 6.54 Å². The topological polar surface area (TPSA) is 87.7 Å². The second-order valence-electron chi connectivity index (χ2n) is 3.46. The Balaban J connectivity index is 2.99. The van der Waals surface area contributed by atoms with E-state index in [4.69, 9.17) is 21.4 Å². The van der Waals surface area contributed by atoms with E-state index in [1.54, 1.807) is 0 Å². The molecule has 1 aromatic carbocycles. The SMILES string of the molecule is C=CCNC(=O)Nc1cc(OC)c(C(=O)O)cc1Cl. The van der Waals surface area contributed by atoms with Crippen LogP contribution in [0.25, 0.3) is 0 Å². The average Bonchev–Trinajstić information content (AvgIpc) is 2.38. The van der Waals surface area contributed by atoms with Gasteiger partial charge in [-0.1, -0.05) is 17.7 Å². The molecule has 102 valence electrons. The maximum Gasteiger partial charge on any atom is 0.339 e. The van der Waals surface area contributed by atoms with Crippen molar-refractivity contribution < 1.29 is 19.4 Å². The number of benzene rings is 1. The summed E-state index contributed by atoms with van der Waals surface area (Å²) in [6.07, 6.45) is 1.52. The van der Waals surface area contributed by atoms with Gasteiger partial charge in [-0.25, -0.2) is 9.59 Å². The number of hydrogen-bond acceptors (Lipinski definition) is 3.